The Kier molecular flexibility index (Phi) is 6.69. The van der Waals surface area contributed by atoms with Crippen LogP contribution in [0.15, 0.2) is 12.8 Å². The predicted molar refractivity (Wildman–Crippen MR) is 57.7 cm³/mol. The Bertz CT molecular complexity index is 127. The van der Waals surface area contributed by atoms with Crippen LogP contribution in [-0.2, 0) is 4.74 Å². The number of nitrogens with one attached hydrogen (secondary N) is 1. The quantitative estimate of drug-likeness (QED) is 0.486. The van der Waals surface area contributed by atoms with Gasteiger partial charge in [0.2, 0.25) is 0 Å². The first-order chi connectivity index (χ1) is 6.06. The Hall–Kier alpha value is -0.500. The van der Waals surface area contributed by atoms with Crippen LogP contribution in [0, 0.1) is 5.41 Å². The van der Waals surface area contributed by atoms with Crippen molar-refractivity contribution in [3.63, 3.8) is 0 Å². The zero-order valence-corrected chi connectivity index (χ0v) is 9.23. The first-order valence-electron chi connectivity index (χ1n) is 4.99. The molecule has 0 radical (unpaired) electrons. The van der Waals surface area contributed by atoms with Crippen molar-refractivity contribution in [3.05, 3.63) is 12.8 Å². The highest BCUT2D eigenvalue weighted by molar-refractivity contribution is 4.63. The van der Waals surface area contributed by atoms with Gasteiger partial charge < -0.3 is 10.1 Å². The molecule has 0 fully saturated rings. The Morgan fingerprint density at radius 1 is 1.31 bits per heavy atom. The predicted octanol–water partition coefficient (Wildman–Crippen LogP) is 2.56. The van der Waals surface area contributed by atoms with Gasteiger partial charge >= 0.3 is 0 Å². The molecule has 2 heteroatoms. The molecule has 0 heterocycles. The minimum absolute atomic E-state index is 0.435. The molecule has 0 unspecified atom stereocenters. The average molecular weight is 185 g/mol. The molecule has 0 saturated heterocycles. The maximum absolute atomic E-state index is 5.00. The lowest BCUT2D eigenvalue weighted by atomic mass is 9.92. The lowest BCUT2D eigenvalue weighted by molar-refractivity contribution is 0.243. The van der Waals surface area contributed by atoms with Gasteiger partial charge in [-0.3, -0.25) is 0 Å². The van der Waals surface area contributed by atoms with E-state index >= 15 is 0 Å². The largest absolute Gasteiger partial charge is 0.502 e. The van der Waals surface area contributed by atoms with Gasteiger partial charge in [0.25, 0.3) is 0 Å². The Balaban J connectivity index is 3.04. The van der Waals surface area contributed by atoms with E-state index in [0.717, 1.165) is 26.1 Å². The topological polar surface area (TPSA) is 21.3 Å². The maximum Gasteiger partial charge on any atom is 0.0885 e. The van der Waals surface area contributed by atoms with E-state index in [0.29, 0.717) is 5.41 Å². The van der Waals surface area contributed by atoms with Gasteiger partial charge in [0, 0.05) is 0 Å². The van der Waals surface area contributed by atoms with E-state index in [-0.39, 0.29) is 0 Å². The summed E-state index contributed by atoms with van der Waals surface area (Å²) in [6.07, 6.45) is 3.76. The molecule has 0 aromatic rings. The highest BCUT2D eigenvalue weighted by atomic mass is 16.5. The van der Waals surface area contributed by atoms with Crippen LogP contribution in [0.3, 0.4) is 0 Å². The monoisotopic (exact) mass is 185 g/mol. The lowest BCUT2D eigenvalue weighted by Crippen LogP contribution is -2.22. The van der Waals surface area contributed by atoms with Crippen LogP contribution in [0.4, 0.5) is 0 Å². The summed E-state index contributed by atoms with van der Waals surface area (Å²) in [6, 6.07) is 0. The van der Waals surface area contributed by atoms with E-state index in [1.54, 1.807) is 0 Å². The van der Waals surface area contributed by atoms with Gasteiger partial charge in [0.1, 0.15) is 0 Å². The average Bonchev–Trinajstić information content (AvgIpc) is 2.01. The molecule has 0 aliphatic heterocycles. The van der Waals surface area contributed by atoms with E-state index in [1.165, 1.54) is 12.7 Å². The molecule has 0 spiro atoms. The molecule has 0 aromatic heterocycles. The molecule has 2 nitrogen and oxygen atoms in total. The second-order valence-electron chi connectivity index (χ2n) is 4.45. The minimum atomic E-state index is 0.435. The number of ether oxygens (including phenoxy) is 1. The number of rotatable bonds is 7. The van der Waals surface area contributed by atoms with Crippen molar-refractivity contribution in [2.75, 3.05) is 19.7 Å². The van der Waals surface area contributed by atoms with Crippen molar-refractivity contribution >= 4 is 0 Å². The van der Waals surface area contributed by atoms with E-state index < -0.39 is 0 Å². The normalized spacial score (nSPS) is 11.3. The molecule has 0 aliphatic carbocycles. The highest BCUT2D eigenvalue weighted by Gasteiger charge is 2.08. The Labute approximate surface area is 82.4 Å². The Morgan fingerprint density at radius 2 is 2.00 bits per heavy atom. The van der Waals surface area contributed by atoms with Crippen molar-refractivity contribution in [2.45, 2.75) is 33.6 Å². The first-order valence-corrected chi connectivity index (χ1v) is 4.99. The summed E-state index contributed by atoms with van der Waals surface area (Å²) in [6.45, 7) is 13.2. The number of hydrogen-bond donors (Lipinski definition) is 1. The van der Waals surface area contributed by atoms with E-state index in [9.17, 15) is 0 Å². The summed E-state index contributed by atoms with van der Waals surface area (Å²) in [5.74, 6) is 0. The second-order valence-corrected chi connectivity index (χ2v) is 4.45. The Morgan fingerprint density at radius 3 is 2.54 bits per heavy atom. The van der Waals surface area contributed by atoms with Crippen LogP contribution in [0.1, 0.15) is 33.6 Å². The summed E-state index contributed by atoms with van der Waals surface area (Å²) in [5.41, 5.74) is 0.435. The van der Waals surface area contributed by atoms with Crippen molar-refractivity contribution in [3.8, 4) is 0 Å². The summed E-state index contributed by atoms with van der Waals surface area (Å²) in [5, 5.41) is 3.39. The smallest absolute Gasteiger partial charge is 0.0885 e. The fraction of sp³-hybridized carbons (Fsp3) is 0.818. The van der Waals surface area contributed by atoms with Gasteiger partial charge in [-0.05, 0) is 31.3 Å². The third kappa shape index (κ3) is 11.5. The van der Waals surface area contributed by atoms with Crippen LogP contribution in [0.5, 0.6) is 0 Å². The van der Waals surface area contributed by atoms with Crippen molar-refractivity contribution in [2.24, 2.45) is 5.41 Å². The SMILES string of the molecule is C=COCCCNCCC(C)(C)C. The molecule has 0 aromatic carbocycles. The summed E-state index contributed by atoms with van der Waals surface area (Å²) >= 11 is 0. The van der Waals surface area contributed by atoms with Crippen molar-refractivity contribution in [1.82, 2.24) is 5.32 Å². The zero-order valence-electron chi connectivity index (χ0n) is 9.23. The summed E-state index contributed by atoms with van der Waals surface area (Å²) in [4.78, 5) is 0. The molecule has 0 rings (SSSR count). The molecule has 0 aliphatic rings. The van der Waals surface area contributed by atoms with Crippen LogP contribution in [0.2, 0.25) is 0 Å². The van der Waals surface area contributed by atoms with Crippen molar-refractivity contribution < 1.29 is 4.74 Å². The third-order valence-electron chi connectivity index (χ3n) is 1.79. The van der Waals surface area contributed by atoms with Gasteiger partial charge in [-0.15, -0.1) is 0 Å². The van der Waals surface area contributed by atoms with Gasteiger partial charge in [0.05, 0.1) is 12.9 Å². The summed E-state index contributed by atoms with van der Waals surface area (Å²) in [7, 11) is 0. The minimum Gasteiger partial charge on any atom is -0.502 e. The molecular weight excluding hydrogens is 162 g/mol. The second kappa shape index (κ2) is 6.96. The molecule has 13 heavy (non-hydrogen) atoms. The molecule has 0 amide bonds. The van der Waals surface area contributed by atoms with Gasteiger partial charge in [-0.2, -0.15) is 0 Å². The van der Waals surface area contributed by atoms with Crippen molar-refractivity contribution in [1.29, 1.82) is 0 Å². The van der Waals surface area contributed by atoms with E-state index in [2.05, 4.69) is 32.7 Å². The van der Waals surface area contributed by atoms with Gasteiger partial charge in [-0.1, -0.05) is 27.4 Å². The maximum atomic E-state index is 5.00. The third-order valence-corrected chi connectivity index (χ3v) is 1.79. The van der Waals surface area contributed by atoms with Gasteiger partial charge in [-0.25, -0.2) is 0 Å². The molecule has 0 saturated carbocycles. The molecule has 0 atom stereocenters. The van der Waals surface area contributed by atoms with Crippen LogP contribution < -0.4 is 5.32 Å². The molecule has 0 bridgehead atoms. The number of hydrogen-bond acceptors (Lipinski definition) is 2. The molecular formula is C11H23NO. The lowest BCUT2D eigenvalue weighted by Gasteiger charge is -2.17. The van der Waals surface area contributed by atoms with Crippen LogP contribution in [-0.4, -0.2) is 19.7 Å². The fourth-order valence-corrected chi connectivity index (χ4v) is 0.952. The standard InChI is InChI=1S/C11H23NO/c1-5-13-10-6-8-12-9-7-11(2,3)4/h5,12H,1,6-10H2,2-4H3. The highest BCUT2D eigenvalue weighted by Crippen LogP contribution is 2.16. The molecule has 1 N–H and O–H groups in total. The summed E-state index contributed by atoms with van der Waals surface area (Å²) < 4.78 is 5.00. The zero-order chi connectivity index (χ0) is 10.2. The fourth-order valence-electron chi connectivity index (χ4n) is 0.952. The first kappa shape index (κ1) is 12.5. The van der Waals surface area contributed by atoms with E-state index in [1.807, 2.05) is 0 Å². The molecule has 78 valence electrons. The van der Waals surface area contributed by atoms with Crippen LogP contribution in [0.25, 0.3) is 0 Å². The van der Waals surface area contributed by atoms with E-state index in [4.69, 9.17) is 4.74 Å². The van der Waals surface area contributed by atoms with Crippen LogP contribution >= 0.6 is 0 Å². The van der Waals surface area contributed by atoms with Gasteiger partial charge in [0.15, 0.2) is 0 Å².